The number of hydrogen-bond acceptors (Lipinski definition) is 6. The van der Waals surface area contributed by atoms with Crippen molar-refractivity contribution in [3.8, 4) is 11.4 Å². The maximum absolute atomic E-state index is 13.3. The molecule has 2 aromatic heterocycles. The molecule has 1 aromatic carbocycles. The second-order valence-electron chi connectivity index (χ2n) is 5.82. The van der Waals surface area contributed by atoms with Crippen LogP contribution in [0.5, 0.6) is 0 Å². The van der Waals surface area contributed by atoms with Crippen LogP contribution in [-0.2, 0) is 0 Å². The van der Waals surface area contributed by atoms with Crippen LogP contribution in [0.3, 0.4) is 0 Å². The van der Waals surface area contributed by atoms with E-state index >= 15 is 0 Å². The summed E-state index contributed by atoms with van der Waals surface area (Å²) in [7, 11) is 0. The normalized spacial score (nSPS) is 17.9. The Morgan fingerprint density at radius 3 is 3.04 bits per heavy atom. The number of benzene rings is 1. The Balaban J connectivity index is 1.54. The van der Waals surface area contributed by atoms with Gasteiger partial charge >= 0.3 is 0 Å². The van der Waals surface area contributed by atoms with Crippen molar-refractivity contribution in [2.24, 2.45) is 0 Å². The zero-order chi connectivity index (χ0) is 16.4. The lowest BCUT2D eigenvalue weighted by Gasteiger charge is -2.31. The molecule has 1 unspecified atom stereocenters. The lowest BCUT2D eigenvalue weighted by atomic mass is 9.98. The van der Waals surface area contributed by atoms with Crippen molar-refractivity contribution in [2.75, 3.05) is 18.0 Å². The average Bonchev–Trinajstić information content (AvgIpc) is 3.13. The monoisotopic (exact) mass is 325 g/mol. The second-order valence-corrected chi connectivity index (χ2v) is 5.82. The van der Waals surface area contributed by atoms with Crippen molar-refractivity contribution in [3.05, 3.63) is 54.6 Å². The highest BCUT2D eigenvalue weighted by Crippen LogP contribution is 2.29. The van der Waals surface area contributed by atoms with Crippen LogP contribution in [0.2, 0.25) is 0 Å². The number of rotatable bonds is 3. The van der Waals surface area contributed by atoms with E-state index in [1.165, 1.54) is 12.1 Å². The third-order valence-corrected chi connectivity index (χ3v) is 4.17. The van der Waals surface area contributed by atoms with E-state index < -0.39 is 0 Å². The molecule has 24 heavy (non-hydrogen) atoms. The summed E-state index contributed by atoms with van der Waals surface area (Å²) in [5.41, 5.74) is 0.617. The van der Waals surface area contributed by atoms with E-state index in [1.807, 2.05) is 0 Å². The Labute approximate surface area is 138 Å². The lowest BCUT2D eigenvalue weighted by molar-refractivity contribution is 0.333. The maximum Gasteiger partial charge on any atom is 0.231 e. The average molecular weight is 325 g/mol. The Morgan fingerprint density at radius 1 is 1.25 bits per heavy atom. The summed E-state index contributed by atoms with van der Waals surface area (Å²) in [6.07, 6.45) is 7.09. The molecule has 0 saturated carbocycles. The molecule has 3 heterocycles. The summed E-state index contributed by atoms with van der Waals surface area (Å²) >= 11 is 0. The van der Waals surface area contributed by atoms with Gasteiger partial charge in [-0.25, -0.2) is 9.37 Å². The van der Waals surface area contributed by atoms with Gasteiger partial charge in [0.2, 0.25) is 11.7 Å². The van der Waals surface area contributed by atoms with Crippen LogP contribution in [0.1, 0.15) is 24.7 Å². The van der Waals surface area contributed by atoms with Gasteiger partial charge < -0.3 is 9.42 Å². The fraction of sp³-hybridized carbons (Fsp3) is 0.294. The molecule has 1 aliphatic rings. The molecule has 0 bridgehead atoms. The van der Waals surface area contributed by atoms with Crippen LogP contribution in [0, 0.1) is 5.82 Å². The van der Waals surface area contributed by atoms with Crippen molar-refractivity contribution in [1.82, 2.24) is 20.1 Å². The quantitative estimate of drug-likeness (QED) is 0.737. The van der Waals surface area contributed by atoms with Gasteiger partial charge in [-0.15, -0.1) is 0 Å². The van der Waals surface area contributed by atoms with E-state index in [0.29, 0.717) is 17.3 Å². The van der Waals surface area contributed by atoms with E-state index in [2.05, 4.69) is 25.0 Å². The van der Waals surface area contributed by atoms with Gasteiger partial charge in [-0.05, 0) is 25.0 Å². The smallest absolute Gasteiger partial charge is 0.231 e. The van der Waals surface area contributed by atoms with Gasteiger partial charge in [0.1, 0.15) is 11.6 Å². The lowest BCUT2D eigenvalue weighted by Crippen LogP contribution is -2.35. The highest BCUT2D eigenvalue weighted by molar-refractivity contribution is 5.54. The van der Waals surface area contributed by atoms with Gasteiger partial charge in [0.05, 0.1) is 12.1 Å². The zero-order valence-electron chi connectivity index (χ0n) is 13.0. The van der Waals surface area contributed by atoms with Crippen molar-refractivity contribution >= 4 is 5.82 Å². The summed E-state index contributed by atoms with van der Waals surface area (Å²) in [6.45, 7) is 1.68. The van der Waals surface area contributed by atoms with Crippen LogP contribution in [0.4, 0.5) is 10.2 Å². The molecule has 0 aliphatic carbocycles. The van der Waals surface area contributed by atoms with E-state index in [-0.39, 0.29) is 11.7 Å². The van der Waals surface area contributed by atoms with Gasteiger partial charge in [-0.3, -0.25) is 4.98 Å². The molecule has 122 valence electrons. The predicted molar refractivity (Wildman–Crippen MR) is 85.9 cm³/mol. The van der Waals surface area contributed by atoms with Crippen molar-refractivity contribution < 1.29 is 8.91 Å². The molecule has 3 aromatic rings. The van der Waals surface area contributed by atoms with Gasteiger partial charge in [0.25, 0.3) is 0 Å². The van der Waals surface area contributed by atoms with Crippen molar-refractivity contribution in [2.45, 2.75) is 18.8 Å². The topological polar surface area (TPSA) is 67.9 Å². The molecule has 6 nitrogen and oxygen atoms in total. The molecule has 1 atom stereocenters. The molecule has 1 aliphatic heterocycles. The largest absolute Gasteiger partial charge is 0.355 e. The SMILES string of the molecule is Fc1cccc(-c2noc(C3CCCN(c4cnccn4)C3)n2)c1. The molecule has 4 rings (SSSR count). The summed E-state index contributed by atoms with van der Waals surface area (Å²) in [6, 6.07) is 6.20. The summed E-state index contributed by atoms with van der Waals surface area (Å²) in [4.78, 5) is 15.1. The fourth-order valence-corrected chi connectivity index (χ4v) is 2.99. The highest BCUT2D eigenvalue weighted by Gasteiger charge is 2.27. The number of nitrogens with zero attached hydrogens (tertiary/aromatic N) is 5. The minimum atomic E-state index is -0.314. The van der Waals surface area contributed by atoms with E-state index in [9.17, 15) is 4.39 Å². The van der Waals surface area contributed by atoms with Crippen LogP contribution in [0.15, 0.2) is 47.4 Å². The minimum Gasteiger partial charge on any atom is -0.355 e. The number of halogens is 1. The Bertz CT molecular complexity index is 823. The molecule has 1 saturated heterocycles. The van der Waals surface area contributed by atoms with Crippen molar-refractivity contribution in [3.63, 3.8) is 0 Å². The molecule has 0 radical (unpaired) electrons. The van der Waals surface area contributed by atoms with Crippen LogP contribution in [0.25, 0.3) is 11.4 Å². The Kier molecular flexibility index (Phi) is 3.90. The van der Waals surface area contributed by atoms with E-state index in [0.717, 1.165) is 31.7 Å². The van der Waals surface area contributed by atoms with Gasteiger partial charge in [-0.1, -0.05) is 17.3 Å². The summed E-state index contributed by atoms with van der Waals surface area (Å²) < 4.78 is 18.8. The Hall–Kier alpha value is -2.83. The summed E-state index contributed by atoms with van der Waals surface area (Å²) in [5, 5.41) is 4.00. The molecule has 0 spiro atoms. The molecule has 7 heteroatoms. The third-order valence-electron chi connectivity index (χ3n) is 4.17. The first kappa shape index (κ1) is 14.7. The van der Waals surface area contributed by atoms with Gasteiger partial charge in [0.15, 0.2) is 0 Å². The van der Waals surface area contributed by atoms with Gasteiger partial charge in [-0.2, -0.15) is 4.98 Å². The van der Waals surface area contributed by atoms with E-state index in [1.54, 1.807) is 30.7 Å². The maximum atomic E-state index is 13.3. The first-order valence-corrected chi connectivity index (χ1v) is 7.90. The van der Waals surface area contributed by atoms with Gasteiger partial charge in [0, 0.05) is 31.0 Å². The predicted octanol–water partition coefficient (Wildman–Crippen LogP) is 3.05. The molecule has 0 amide bonds. The Morgan fingerprint density at radius 2 is 2.21 bits per heavy atom. The number of aromatic nitrogens is 4. The summed E-state index contributed by atoms with van der Waals surface area (Å²) in [5.74, 6) is 1.68. The highest BCUT2D eigenvalue weighted by atomic mass is 19.1. The zero-order valence-corrected chi connectivity index (χ0v) is 13.0. The molecule has 1 fully saturated rings. The minimum absolute atomic E-state index is 0.135. The van der Waals surface area contributed by atoms with Crippen LogP contribution >= 0.6 is 0 Å². The van der Waals surface area contributed by atoms with Crippen LogP contribution < -0.4 is 4.90 Å². The first-order valence-electron chi connectivity index (χ1n) is 7.90. The van der Waals surface area contributed by atoms with E-state index in [4.69, 9.17) is 4.52 Å². The third kappa shape index (κ3) is 2.97. The first-order chi connectivity index (χ1) is 11.8. The second kappa shape index (κ2) is 6.35. The van der Waals surface area contributed by atoms with Crippen molar-refractivity contribution in [1.29, 1.82) is 0 Å². The molecular formula is C17H16FN5O. The fourth-order valence-electron chi connectivity index (χ4n) is 2.99. The van der Waals surface area contributed by atoms with Crippen LogP contribution in [-0.4, -0.2) is 33.2 Å². The molecular weight excluding hydrogens is 309 g/mol. The number of anilines is 1. The standard InChI is InChI=1S/C17H16FN5O/c18-14-5-1-3-12(9-14)16-21-17(24-22-16)13-4-2-8-23(11-13)15-10-19-6-7-20-15/h1,3,5-7,9-10,13H,2,4,8,11H2. The molecule has 0 N–H and O–H groups in total. The number of piperidine rings is 1. The number of hydrogen-bond donors (Lipinski definition) is 0.